The van der Waals surface area contributed by atoms with Gasteiger partial charge in [0.15, 0.2) is 24.6 Å². The van der Waals surface area contributed by atoms with E-state index < -0.39 is 111 Å². The lowest BCUT2D eigenvalue weighted by Gasteiger charge is -2.57. The molecule has 1 aromatic carbocycles. The summed E-state index contributed by atoms with van der Waals surface area (Å²) in [5.74, 6) is -2.99. The molecule has 3 aliphatic heterocycles. The third-order valence-electron chi connectivity index (χ3n) is 8.83. The molecule has 4 rings (SSSR count). The largest absolute Gasteiger partial charge is 0.462 e. The van der Waals surface area contributed by atoms with Gasteiger partial charge >= 0.3 is 32.4 Å². The predicted octanol–water partition coefficient (Wildman–Crippen LogP) is 4.19. The number of hydrogen-bond donors (Lipinski definition) is 0. The number of carbonyl (C=O) groups is 4. The zero-order valence-corrected chi connectivity index (χ0v) is 31.9. The first kappa shape index (κ1) is 40.8. The number of rotatable bonds is 11. The molecule has 1 aromatic rings. The second-order valence-corrected chi connectivity index (χ2v) is 19.7. The summed E-state index contributed by atoms with van der Waals surface area (Å²) in [6.07, 6.45) is -13.7. The Balaban J connectivity index is 1.79. The van der Waals surface area contributed by atoms with Gasteiger partial charge in [0.25, 0.3) is 0 Å². The van der Waals surface area contributed by atoms with Crippen LogP contribution in [0, 0.1) is 0 Å². The summed E-state index contributed by atoms with van der Waals surface area (Å²) in [6, 6.07) is 9.12. The average molecular weight is 743 g/mol. The minimum atomic E-state index is -3.22. The lowest BCUT2D eigenvalue weighted by molar-refractivity contribution is -0.323. The molecule has 0 amide bonds. The maximum Gasteiger partial charge on any atom is 0.349 e. The highest BCUT2D eigenvalue weighted by Crippen LogP contribution is 2.55. The quantitative estimate of drug-likeness (QED) is 0.180. The molecule has 3 saturated heterocycles. The number of halogens is 1. The van der Waals surface area contributed by atoms with Crippen LogP contribution in [-0.4, -0.2) is 107 Å². The number of esters is 4. The average Bonchev–Trinajstić information content (AvgIpc) is 3.32. The first-order valence-corrected chi connectivity index (χ1v) is 18.8. The van der Waals surface area contributed by atoms with Crippen LogP contribution in [0.1, 0.15) is 74.8 Å². The number of ether oxygens (including phenoxy) is 8. The molecule has 14 nitrogen and oxygen atoms in total. The van der Waals surface area contributed by atoms with E-state index in [1.54, 1.807) is 0 Å². The molecular formula is C35H51FO14Si. The van der Waals surface area contributed by atoms with Crippen molar-refractivity contribution in [3.8, 4) is 0 Å². The molecule has 0 aliphatic carbocycles. The van der Waals surface area contributed by atoms with Crippen molar-refractivity contribution >= 4 is 32.4 Å². The lowest BCUT2D eigenvalue weighted by atomic mass is 9.98. The van der Waals surface area contributed by atoms with E-state index in [1.165, 1.54) is 0 Å². The number of fused-ring (bicyclic) bond motifs is 1. The van der Waals surface area contributed by atoms with Crippen molar-refractivity contribution in [1.29, 1.82) is 0 Å². The van der Waals surface area contributed by atoms with Gasteiger partial charge in [-0.15, -0.1) is 0 Å². The highest BCUT2D eigenvalue weighted by molar-refractivity contribution is 6.73. The van der Waals surface area contributed by atoms with Crippen molar-refractivity contribution in [3.63, 3.8) is 0 Å². The zero-order chi connectivity index (χ0) is 37.9. The van der Waals surface area contributed by atoms with Crippen LogP contribution in [-0.2, 0) is 72.5 Å². The van der Waals surface area contributed by atoms with E-state index in [4.69, 9.17) is 46.7 Å². The van der Waals surface area contributed by atoms with Crippen molar-refractivity contribution < 1.29 is 70.3 Å². The third kappa shape index (κ3) is 9.52. The highest BCUT2D eigenvalue weighted by atomic mass is 28.4. The van der Waals surface area contributed by atoms with Crippen molar-refractivity contribution in [3.05, 3.63) is 35.9 Å². The van der Waals surface area contributed by atoms with Crippen molar-refractivity contribution in [2.75, 3.05) is 13.2 Å². The van der Waals surface area contributed by atoms with E-state index >= 15 is 4.39 Å². The molecule has 0 aromatic heterocycles. The number of carbonyl (C=O) groups excluding carboxylic acids is 4. The fraction of sp³-hybridized carbons (Fsp3) is 0.714. The zero-order valence-electron chi connectivity index (χ0n) is 30.9. The summed E-state index contributed by atoms with van der Waals surface area (Å²) < 4.78 is 76.4. The summed E-state index contributed by atoms with van der Waals surface area (Å²) >= 11 is 0. The summed E-state index contributed by atoms with van der Waals surface area (Å²) in [4.78, 5) is 48.7. The predicted molar refractivity (Wildman–Crippen MR) is 178 cm³/mol. The molecule has 0 spiro atoms. The molecule has 0 bridgehead atoms. The second kappa shape index (κ2) is 16.4. The topological polar surface area (TPSA) is 161 Å². The van der Waals surface area contributed by atoms with E-state index in [-0.39, 0.29) is 13.2 Å². The van der Waals surface area contributed by atoms with Gasteiger partial charge in [-0.2, -0.15) is 0 Å². The lowest BCUT2D eigenvalue weighted by Crippen LogP contribution is -2.71. The maximum atomic E-state index is 16.2. The van der Waals surface area contributed by atoms with Crippen LogP contribution in [0.5, 0.6) is 0 Å². The van der Waals surface area contributed by atoms with E-state index in [2.05, 4.69) is 0 Å². The molecule has 0 saturated carbocycles. The van der Waals surface area contributed by atoms with Gasteiger partial charge in [-0.3, -0.25) is 19.2 Å². The van der Waals surface area contributed by atoms with Crippen LogP contribution < -0.4 is 0 Å². The van der Waals surface area contributed by atoms with E-state index in [1.807, 2.05) is 71.9 Å². The molecular weight excluding hydrogens is 691 g/mol. The fourth-order valence-electron chi connectivity index (χ4n) is 7.04. The van der Waals surface area contributed by atoms with Gasteiger partial charge in [0.1, 0.15) is 37.1 Å². The van der Waals surface area contributed by atoms with E-state index in [0.29, 0.717) is 0 Å². The minimum absolute atomic E-state index is 0.00558. The first-order valence-electron chi connectivity index (χ1n) is 17.0. The first-order chi connectivity index (χ1) is 23.7. The number of benzene rings is 1. The Morgan fingerprint density at radius 2 is 1.43 bits per heavy atom. The van der Waals surface area contributed by atoms with Crippen molar-refractivity contribution in [1.82, 2.24) is 0 Å². The molecule has 51 heavy (non-hydrogen) atoms. The Morgan fingerprint density at radius 3 is 1.98 bits per heavy atom. The van der Waals surface area contributed by atoms with Gasteiger partial charge < -0.3 is 46.7 Å². The Bertz CT molecular complexity index is 1370. The second-order valence-electron chi connectivity index (χ2n) is 15.0. The van der Waals surface area contributed by atoms with Crippen LogP contribution in [0.25, 0.3) is 0 Å². The standard InChI is InChI=1S/C35H51FO14Si/c1-19(37)41-17-24(44-20(2)38)26-28(45-21(3)39)31(46-22(4)40)33(48-26)49-29-27-25(18-43-51(50-27,34(5,6)7)35(8,9)10)47-32(36)30(29)42-16-23-14-12-11-13-15-23/h11-15,24-33H,16-18H2,1-10H3/t24-,25-,26+,27+,28+,29+,30-,31-,32?,33+/m1/s1. The summed E-state index contributed by atoms with van der Waals surface area (Å²) in [5.41, 5.74) is 0.756. The molecule has 3 heterocycles. The van der Waals surface area contributed by atoms with Crippen LogP contribution >= 0.6 is 0 Å². The summed E-state index contributed by atoms with van der Waals surface area (Å²) in [6.45, 7) is 16.2. The monoisotopic (exact) mass is 742 g/mol. The normalized spacial score (nSPS) is 31.2. The smallest absolute Gasteiger partial charge is 0.349 e. The fourth-order valence-corrected chi connectivity index (χ4v) is 12.0. The van der Waals surface area contributed by atoms with Gasteiger partial charge in [-0.25, -0.2) is 4.39 Å². The number of alkyl halides is 1. The molecule has 0 radical (unpaired) electrons. The Morgan fingerprint density at radius 1 is 0.824 bits per heavy atom. The highest BCUT2D eigenvalue weighted by Gasteiger charge is 2.66. The van der Waals surface area contributed by atoms with E-state index in [0.717, 1.165) is 33.3 Å². The van der Waals surface area contributed by atoms with Crippen LogP contribution in [0.3, 0.4) is 0 Å². The van der Waals surface area contributed by atoms with Crippen molar-refractivity contribution in [2.45, 2.75) is 147 Å². The third-order valence-corrected chi connectivity index (χ3v) is 14.0. The molecule has 3 aliphatic rings. The van der Waals surface area contributed by atoms with Gasteiger partial charge in [0, 0.05) is 37.8 Å². The molecule has 16 heteroatoms. The van der Waals surface area contributed by atoms with Gasteiger partial charge in [-0.1, -0.05) is 71.9 Å². The van der Waals surface area contributed by atoms with Crippen LogP contribution in [0.2, 0.25) is 10.1 Å². The van der Waals surface area contributed by atoms with E-state index in [9.17, 15) is 19.2 Å². The van der Waals surface area contributed by atoms with Crippen molar-refractivity contribution in [2.24, 2.45) is 0 Å². The van der Waals surface area contributed by atoms with Gasteiger partial charge in [0.05, 0.1) is 13.2 Å². The maximum absolute atomic E-state index is 16.2. The summed E-state index contributed by atoms with van der Waals surface area (Å²) in [7, 11) is -3.22. The van der Waals surface area contributed by atoms with Gasteiger partial charge in [0.2, 0.25) is 6.36 Å². The van der Waals surface area contributed by atoms with Crippen LogP contribution in [0.4, 0.5) is 4.39 Å². The minimum Gasteiger partial charge on any atom is -0.462 e. The Labute approximate surface area is 299 Å². The molecule has 286 valence electrons. The molecule has 0 N–H and O–H groups in total. The molecule has 3 fully saturated rings. The summed E-state index contributed by atoms with van der Waals surface area (Å²) in [5, 5.41) is -0.950. The number of hydrogen-bond acceptors (Lipinski definition) is 14. The SMILES string of the molecule is CC(=O)OC[C@@H](OC(C)=O)[C@@H]1O[C@@H](O[C@H]2[C@H]3O[Si](C(C)(C)C)(C(C)(C)C)OC[C@H]3OC(F)[C@@H]2OCc2ccccc2)[C@H](OC(C)=O)[C@H]1OC(C)=O. The molecule has 10 atom stereocenters. The Kier molecular flexibility index (Phi) is 13.1. The molecule has 1 unspecified atom stereocenters. The Hall–Kier alpha value is -2.99. The van der Waals surface area contributed by atoms with Crippen LogP contribution in [0.15, 0.2) is 30.3 Å². The van der Waals surface area contributed by atoms with Gasteiger partial charge in [-0.05, 0) is 5.56 Å².